The molecule has 0 aliphatic carbocycles. The Morgan fingerprint density at radius 2 is 0.889 bits per heavy atom. The molecule has 0 fully saturated rings. The van der Waals surface area contributed by atoms with E-state index >= 15 is 0 Å². The first-order valence-electron chi connectivity index (χ1n) is 26.3. The molecule has 0 saturated carbocycles. The second-order valence-corrected chi connectivity index (χ2v) is 17.5. The first kappa shape index (κ1) is 60.0. The Hall–Kier alpha value is -2.96. The van der Waals surface area contributed by atoms with Crippen LogP contribution in [0.15, 0.2) is 85.1 Å². The zero-order valence-electron chi connectivity index (χ0n) is 41.2. The third-order valence-corrected chi connectivity index (χ3v) is 11.5. The Bertz CT molecular complexity index is 1210. The molecule has 1 amide bonds. The maximum Gasteiger partial charge on any atom is 0.306 e. The predicted octanol–water partition coefficient (Wildman–Crippen LogP) is 16.0. The Kier molecular flexibility index (Phi) is 47.7. The first-order valence-corrected chi connectivity index (χ1v) is 26.3. The molecule has 0 saturated heterocycles. The van der Waals surface area contributed by atoms with Crippen LogP contribution in [-0.4, -0.2) is 46.9 Å². The van der Waals surface area contributed by atoms with E-state index in [1.807, 2.05) is 6.08 Å². The highest BCUT2D eigenvalue weighted by Crippen LogP contribution is 2.16. The summed E-state index contributed by atoms with van der Waals surface area (Å²) < 4.78 is 5.82. The Labute approximate surface area is 389 Å². The monoisotopic (exact) mass is 878 g/mol. The van der Waals surface area contributed by atoms with Gasteiger partial charge in [-0.15, -0.1) is 0 Å². The van der Waals surface area contributed by atoms with E-state index in [1.165, 1.54) is 109 Å². The third-order valence-electron chi connectivity index (χ3n) is 11.5. The van der Waals surface area contributed by atoms with Crippen molar-refractivity contribution in [3.05, 3.63) is 85.1 Å². The number of rotatable bonds is 46. The maximum absolute atomic E-state index is 13.2. The van der Waals surface area contributed by atoms with Crippen LogP contribution in [0, 0.1) is 0 Å². The number of ether oxygens (including phenoxy) is 1. The fourth-order valence-corrected chi connectivity index (χ4v) is 7.48. The van der Waals surface area contributed by atoms with Gasteiger partial charge >= 0.3 is 5.97 Å². The third kappa shape index (κ3) is 45.4. The Balaban J connectivity index is 4.80. The zero-order valence-corrected chi connectivity index (χ0v) is 41.2. The molecular formula is C57H99NO5. The van der Waals surface area contributed by atoms with Crippen LogP contribution in [0.25, 0.3) is 0 Å². The molecule has 3 unspecified atom stereocenters. The smallest absolute Gasteiger partial charge is 0.306 e. The maximum atomic E-state index is 13.2. The minimum absolute atomic E-state index is 0.0561. The fourth-order valence-electron chi connectivity index (χ4n) is 7.48. The molecule has 0 radical (unpaired) electrons. The van der Waals surface area contributed by atoms with Crippen molar-refractivity contribution in [2.45, 2.75) is 257 Å². The highest BCUT2D eigenvalue weighted by Gasteiger charge is 2.23. The lowest BCUT2D eigenvalue weighted by Crippen LogP contribution is -2.46. The van der Waals surface area contributed by atoms with Gasteiger partial charge in [0.15, 0.2) is 0 Å². The van der Waals surface area contributed by atoms with Crippen molar-refractivity contribution in [1.82, 2.24) is 5.32 Å². The van der Waals surface area contributed by atoms with Gasteiger partial charge in [-0.3, -0.25) is 9.59 Å². The van der Waals surface area contributed by atoms with E-state index in [0.717, 1.165) is 83.5 Å². The number of nitrogens with one attached hydrogen (secondary N) is 1. The molecule has 0 aliphatic rings. The summed E-state index contributed by atoms with van der Waals surface area (Å²) in [5.41, 5.74) is 0. The SMILES string of the molecule is CC/C=C\C/C=C\C/C=C\C/C=C\C/C=C\C/C=C\C(CC(=O)NC(CO)C(O)CCCCCCCCCCCCCCC)OC(=O)CCCCC/C=C\CCCCCCCCC. The van der Waals surface area contributed by atoms with Crippen LogP contribution >= 0.6 is 0 Å². The summed E-state index contributed by atoms with van der Waals surface area (Å²) in [6, 6.07) is -0.749. The van der Waals surface area contributed by atoms with Gasteiger partial charge in [-0.05, 0) is 83.1 Å². The molecule has 0 heterocycles. The summed E-state index contributed by atoms with van der Waals surface area (Å²) in [5.74, 6) is -0.651. The molecule has 0 spiro atoms. The molecule has 0 aromatic rings. The molecule has 0 bridgehead atoms. The van der Waals surface area contributed by atoms with Crippen LogP contribution in [0.4, 0.5) is 0 Å². The number of aliphatic hydroxyl groups is 2. The van der Waals surface area contributed by atoms with Crippen molar-refractivity contribution >= 4 is 11.9 Å². The van der Waals surface area contributed by atoms with Crippen LogP contribution in [0.2, 0.25) is 0 Å². The number of carbonyl (C=O) groups is 2. The van der Waals surface area contributed by atoms with Crippen LogP contribution in [0.3, 0.4) is 0 Å². The summed E-state index contributed by atoms with van der Waals surface area (Å²) in [5, 5.41) is 23.7. The molecule has 0 aliphatic heterocycles. The quantitative estimate of drug-likeness (QED) is 0.0322. The molecule has 63 heavy (non-hydrogen) atoms. The van der Waals surface area contributed by atoms with Crippen molar-refractivity contribution in [3.63, 3.8) is 0 Å². The summed E-state index contributed by atoms with van der Waals surface area (Å²) in [4.78, 5) is 26.1. The molecule has 3 atom stereocenters. The molecule has 0 aromatic carbocycles. The van der Waals surface area contributed by atoms with E-state index in [9.17, 15) is 19.8 Å². The second-order valence-electron chi connectivity index (χ2n) is 17.5. The van der Waals surface area contributed by atoms with Gasteiger partial charge in [-0.25, -0.2) is 0 Å². The molecule has 6 heteroatoms. The Morgan fingerprint density at radius 3 is 1.33 bits per heavy atom. The van der Waals surface area contributed by atoms with Gasteiger partial charge in [0, 0.05) is 6.42 Å². The number of esters is 1. The van der Waals surface area contributed by atoms with Crippen LogP contribution in [0.1, 0.15) is 239 Å². The lowest BCUT2D eigenvalue weighted by molar-refractivity contribution is -0.148. The minimum atomic E-state index is -0.825. The Morgan fingerprint density at radius 1 is 0.492 bits per heavy atom. The number of aliphatic hydroxyl groups excluding tert-OH is 2. The van der Waals surface area contributed by atoms with Gasteiger partial charge in [0.1, 0.15) is 6.10 Å². The lowest BCUT2D eigenvalue weighted by Gasteiger charge is -2.23. The largest absolute Gasteiger partial charge is 0.458 e. The van der Waals surface area contributed by atoms with Crippen molar-refractivity contribution in [1.29, 1.82) is 0 Å². The predicted molar refractivity (Wildman–Crippen MR) is 273 cm³/mol. The number of unbranched alkanes of at least 4 members (excludes halogenated alkanes) is 22. The van der Waals surface area contributed by atoms with Gasteiger partial charge in [0.25, 0.3) is 0 Å². The molecule has 0 aromatic heterocycles. The molecule has 362 valence electrons. The van der Waals surface area contributed by atoms with E-state index in [4.69, 9.17) is 4.74 Å². The summed E-state index contributed by atoms with van der Waals surface area (Å²) >= 11 is 0. The molecule has 6 nitrogen and oxygen atoms in total. The number of amides is 1. The summed E-state index contributed by atoms with van der Waals surface area (Å²) in [6.45, 7) is 6.32. The van der Waals surface area contributed by atoms with E-state index in [1.54, 1.807) is 6.08 Å². The first-order chi connectivity index (χ1) is 31.0. The van der Waals surface area contributed by atoms with E-state index in [-0.39, 0.29) is 24.9 Å². The van der Waals surface area contributed by atoms with E-state index in [2.05, 4.69) is 99.0 Å². The van der Waals surface area contributed by atoms with Crippen molar-refractivity contribution < 1.29 is 24.5 Å². The van der Waals surface area contributed by atoms with E-state index in [0.29, 0.717) is 19.3 Å². The highest BCUT2D eigenvalue weighted by atomic mass is 16.5. The minimum Gasteiger partial charge on any atom is -0.458 e. The zero-order chi connectivity index (χ0) is 45.9. The second kappa shape index (κ2) is 50.0. The van der Waals surface area contributed by atoms with Crippen LogP contribution in [0.5, 0.6) is 0 Å². The number of carbonyl (C=O) groups excluding carboxylic acids is 2. The van der Waals surface area contributed by atoms with Crippen molar-refractivity contribution in [2.75, 3.05) is 6.61 Å². The summed E-state index contributed by atoms with van der Waals surface area (Å²) in [6.07, 6.45) is 65.3. The van der Waals surface area contributed by atoms with Crippen molar-refractivity contribution in [3.8, 4) is 0 Å². The number of hydrogen-bond acceptors (Lipinski definition) is 5. The number of allylic oxidation sites excluding steroid dienone is 13. The number of hydrogen-bond donors (Lipinski definition) is 3. The van der Waals surface area contributed by atoms with Gasteiger partial charge in [0.05, 0.1) is 25.2 Å². The van der Waals surface area contributed by atoms with Gasteiger partial charge in [-0.1, -0.05) is 228 Å². The average Bonchev–Trinajstić information content (AvgIpc) is 3.28. The molecular weight excluding hydrogens is 779 g/mol. The average molecular weight is 878 g/mol. The van der Waals surface area contributed by atoms with Gasteiger partial charge in [-0.2, -0.15) is 0 Å². The molecule has 3 N–H and O–H groups in total. The lowest BCUT2D eigenvalue weighted by atomic mass is 10.0. The normalized spacial score (nSPS) is 13.9. The molecule has 0 rings (SSSR count). The van der Waals surface area contributed by atoms with Crippen LogP contribution < -0.4 is 5.32 Å². The van der Waals surface area contributed by atoms with Gasteiger partial charge in [0.2, 0.25) is 5.91 Å². The fraction of sp³-hybridized carbons (Fsp3) is 0.719. The highest BCUT2D eigenvalue weighted by molar-refractivity contribution is 5.78. The summed E-state index contributed by atoms with van der Waals surface area (Å²) in [7, 11) is 0. The standard InChI is InChI=1S/C57H99NO5/c1-4-7-10-13-16-19-22-25-27-28-29-31-33-36-39-42-45-48-53(63-57(62)50-47-44-41-38-35-32-26-23-20-17-14-11-8-5-2)51-56(61)58-54(52-59)55(60)49-46-43-40-37-34-30-24-21-18-15-12-9-6-3/h7,10,16,19,25,27,29,31-32,35-36,39,45,48,53-55,59-60H,4-6,8-9,11-15,17-18,20-24,26,28,30,33-34,37-38,40-44,46-47,49-52H2,1-3H3,(H,58,61)/b10-7-,19-16-,27-25-,31-29-,35-32-,39-36-,48-45-. The van der Waals surface area contributed by atoms with Crippen molar-refractivity contribution in [2.24, 2.45) is 0 Å². The van der Waals surface area contributed by atoms with Gasteiger partial charge < -0.3 is 20.3 Å². The van der Waals surface area contributed by atoms with E-state index < -0.39 is 18.2 Å². The topological polar surface area (TPSA) is 95.9 Å². The van der Waals surface area contributed by atoms with Crippen LogP contribution in [-0.2, 0) is 14.3 Å².